The van der Waals surface area contributed by atoms with E-state index >= 15 is 0 Å². The Kier molecular flexibility index (Phi) is 7.57. The van der Waals surface area contributed by atoms with E-state index in [0.29, 0.717) is 18.0 Å². The van der Waals surface area contributed by atoms with Crippen LogP contribution >= 0.6 is 11.8 Å². The van der Waals surface area contributed by atoms with Crippen molar-refractivity contribution in [2.45, 2.75) is 31.3 Å². The van der Waals surface area contributed by atoms with Crippen molar-refractivity contribution in [1.82, 2.24) is 0 Å². The summed E-state index contributed by atoms with van der Waals surface area (Å²) in [6.07, 6.45) is 0.995. The molecule has 2 aromatic carbocycles. The van der Waals surface area contributed by atoms with Gasteiger partial charge in [-0.3, -0.25) is 14.4 Å². The van der Waals surface area contributed by atoms with Gasteiger partial charge in [-0.25, -0.2) is 0 Å². The summed E-state index contributed by atoms with van der Waals surface area (Å²) in [7, 11) is 0. The van der Waals surface area contributed by atoms with Crippen molar-refractivity contribution in [1.29, 1.82) is 0 Å². The molecule has 2 aromatic rings. The number of hydrogen-bond donors (Lipinski definition) is 1. The van der Waals surface area contributed by atoms with Crippen molar-refractivity contribution in [3.63, 3.8) is 0 Å². The van der Waals surface area contributed by atoms with E-state index in [1.807, 2.05) is 31.4 Å². The Morgan fingerprint density at radius 1 is 1.19 bits per heavy atom. The molecular weight excluding hydrogens is 416 g/mol. The molecule has 1 aliphatic rings. The smallest absolute Gasteiger partial charge is 0.312 e. The minimum Gasteiger partial charge on any atom is -0.494 e. The average molecular weight is 443 g/mol. The molecule has 2 atom stereocenters. The van der Waals surface area contributed by atoms with Gasteiger partial charge in [0.2, 0.25) is 5.91 Å². The molecule has 1 fully saturated rings. The molecule has 1 heterocycles. The van der Waals surface area contributed by atoms with Crippen LogP contribution in [0.2, 0.25) is 0 Å². The van der Waals surface area contributed by atoms with Crippen LogP contribution in [0.4, 0.5) is 11.4 Å². The molecule has 0 unspecified atom stereocenters. The lowest BCUT2D eigenvalue weighted by Gasteiger charge is -2.18. The molecule has 1 saturated heterocycles. The summed E-state index contributed by atoms with van der Waals surface area (Å²) in [6, 6.07) is 14.6. The first-order valence-corrected chi connectivity index (χ1v) is 11.3. The number of esters is 1. The maximum atomic E-state index is 12.6. The van der Waals surface area contributed by atoms with Gasteiger partial charge < -0.3 is 19.7 Å². The molecule has 1 aliphatic heterocycles. The fraction of sp³-hybridized carbons (Fsp3) is 0.348. The normalized spacial score (nSPS) is 16.7. The first-order valence-electron chi connectivity index (χ1n) is 10.1. The Labute approximate surface area is 186 Å². The molecule has 164 valence electrons. The number of nitrogens with zero attached hydrogens (tertiary/aromatic N) is 1. The Balaban J connectivity index is 1.57. The molecule has 8 heteroatoms. The minimum atomic E-state index is -0.975. The molecule has 7 nitrogen and oxygen atoms in total. The fourth-order valence-corrected chi connectivity index (χ4v) is 3.86. The SMILES string of the molecule is CCOc1ccc(N2C[C@@H](C(=O)O[C@@H](C)C(=O)Nc3ccccc3SC)CC2=O)cc1. The molecule has 0 aliphatic carbocycles. The number of carbonyl (C=O) groups is 3. The number of anilines is 2. The molecule has 0 bridgehead atoms. The predicted molar refractivity (Wildman–Crippen MR) is 120 cm³/mol. The number of hydrogen-bond acceptors (Lipinski definition) is 6. The second-order valence-corrected chi connectivity index (χ2v) is 7.95. The lowest BCUT2D eigenvalue weighted by atomic mass is 10.1. The van der Waals surface area contributed by atoms with Crippen molar-refractivity contribution in [2.24, 2.45) is 5.92 Å². The molecule has 1 N–H and O–H groups in total. The molecule has 3 rings (SSSR count). The molecule has 2 amide bonds. The van der Waals surface area contributed by atoms with Crippen LogP contribution in [0.1, 0.15) is 20.3 Å². The van der Waals surface area contributed by atoms with Crippen LogP contribution in [0.5, 0.6) is 5.75 Å². The highest BCUT2D eigenvalue weighted by Crippen LogP contribution is 2.28. The van der Waals surface area contributed by atoms with E-state index in [1.54, 1.807) is 35.2 Å². The van der Waals surface area contributed by atoms with Gasteiger partial charge >= 0.3 is 5.97 Å². The minimum absolute atomic E-state index is 0.0513. The number of nitrogens with one attached hydrogen (secondary N) is 1. The number of thioether (sulfide) groups is 1. The van der Waals surface area contributed by atoms with Crippen molar-refractivity contribution in [3.8, 4) is 5.75 Å². The lowest BCUT2D eigenvalue weighted by Crippen LogP contribution is -2.33. The average Bonchev–Trinajstić information content (AvgIpc) is 3.16. The predicted octanol–water partition coefficient (Wildman–Crippen LogP) is 3.73. The first-order chi connectivity index (χ1) is 14.9. The second kappa shape index (κ2) is 10.3. The molecule has 0 radical (unpaired) electrons. The van der Waals surface area contributed by atoms with E-state index < -0.39 is 23.9 Å². The van der Waals surface area contributed by atoms with E-state index in [0.717, 1.165) is 10.6 Å². The van der Waals surface area contributed by atoms with Gasteiger partial charge in [-0.1, -0.05) is 12.1 Å². The topological polar surface area (TPSA) is 84.9 Å². The van der Waals surface area contributed by atoms with Crippen LogP contribution in [0.3, 0.4) is 0 Å². The van der Waals surface area contributed by atoms with Gasteiger partial charge in [-0.15, -0.1) is 11.8 Å². The third-order valence-electron chi connectivity index (χ3n) is 4.94. The number of para-hydroxylation sites is 1. The molecular formula is C23H26N2O5S. The number of carbonyl (C=O) groups excluding carboxylic acids is 3. The maximum Gasteiger partial charge on any atom is 0.312 e. The molecule has 0 aromatic heterocycles. The van der Waals surface area contributed by atoms with Gasteiger partial charge in [-0.05, 0) is 56.5 Å². The summed E-state index contributed by atoms with van der Waals surface area (Å²) in [4.78, 5) is 40.0. The molecule has 31 heavy (non-hydrogen) atoms. The summed E-state index contributed by atoms with van der Waals surface area (Å²) >= 11 is 1.51. The number of rotatable bonds is 8. The van der Waals surface area contributed by atoms with E-state index in [4.69, 9.17) is 9.47 Å². The van der Waals surface area contributed by atoms with Crippen LogP contribution in [0.15, 0.2) is 53.4 Å². The standard InChI is InChI=1S/C23H26N2O5S/c1-4-29-18-11-9-17(10-12-18)25-14-16(13-21(25)26)23(28)30-15(2)22(27)24-19-7-5-6-8-20(19)31-3/h5-12,15-16H,4,13-14H2,1-3H3,(H,24,27)/t15-,16-/m0/s1. The Morgan fingerprint density at radius 3 is 2.58 bits per heavy atom. The van der Waals surface area contributed by atoms with Crippen LogP contribution in [-0.4, -0.2) is 43.3 Å². The van der Waals surface area contributed by atoms with Crippen molar-refractivity contribution in [2.75, 3.05) is 29.6 Å². The fourth-order valence-electron chi connectivity index (χ4n) is 3.31. The Morgan fingerprint density at radius 2 is 1.90 bits per heavy atom. The molecule has 0 saturated carbocycles. The number of ether oxygens (including phenoxy) is 2. The zero-order valence-electron chi connectivity index (χ0n) is 17.8. The zero-order valence-corrected chi connectivity index (χ0v) is 18.6. The largest absolute Gasteiger partial charge is 0.494 e. The number of benzene rings is 2. The Bertz CT molecular complexity index is 947. The summed E-state index contributed by atoms with van der Waals surface area (Å²) in [5.74, 6) is -1.02. The highest BCUT2D eigenvalue weighted by Gasteiger charge is 2.37. The summed E-state index contributed by atoms with van der Waals surface area (Å²) < 4.78 is 10.8. The van der Waals surface area contributed by atoms with Crippen molar-refractivity contribution < 1.29 is 23.9 Å². The quantitative estimate of drug-likeness (QED) is 0.495. The summed E-state index contributed by atoms with van der Waals surface area (Å²) in [5.41, 5.74) is 1.36. The van der Waals surface area contributed by atoms with Gasteiger partial charge in [0.1, 0.15) is 5.75 Å². The zero-order chi connectivity index (χ0) is 22.4. The summed E-state index contributed by atoms with van der Waals surface area (Å²) in [6.45, 7) is 4.20. The van der Waals surface area contributed by atoms with Crippen LogP contribution < -0.4 is 15.0 Å². The van der Waals surface area contributed by atoms with Crippen LogP contribution in [-0.2, 0) is 19.1 Å². The van der Waals surface area contributed by atoms with Crippen molar-refractivity contribution in [3.05, 3.63) is 48.5 Å². The third kappa shape index (κ3) is 5.58. The first kappa shape index (κ1) is 22.7. The van der Waals surface area contributed by atoms with Gasteiger partial charge in [0.15, 0.2) is 6.10 Å². The second-order valence-electron chi connectivity index (χ2n) is 7.10. The summed E-state index contributed by atoms with van der Waals surface area (Å²) in [5, 5.41) is 2.79. The highest BCUT2D eigenvalue weighted by atomic mass is 32.2. The van der Waals surface area contributed by atoms with Crippen LogP contribution in [0, 0.1) is 5.92 Å². The third-order valence-corrected chi connectivity index (χ3v) is 5.74. The van der Waals surface area contributed by atoms with Gasteiger partial charge in [0.25, 0.3) is 5.91 Å². The van der Waals surface area contributed by atoms with Gasteiger partial charge in [-0.2, -0.15) is 0 Å². The maximum absolute atomic E-state index is 12.6. The van der Waals surface area contributed by atoms with E-state index in [1.165, 1.54) is 18.7 Å². The van der Waals surface area contributed by atoms with E-state index in [-0.39, 0.29) is 18.9 Å². The monoisotopic (exact) mass is 442 g/mol. The van der Waals surface area contributed by atoms with Gasteiger partial charge in [0.05, 0.1) is 18.2 Å². The Hall–Kier alpha value is -3.00. The van der Waals surface area contributed by atoms with Gasteiger partial charge in [0, 0.05) is 23.5 Å². The lowest BCUT2D eigenvalue weighted by molar-refractivity contribution is -0.157. The highest BCUT2D eigenvalue weighted by molar-refractivity contribution is 7.98. The van der Waals surface area contributed by atoms with Crippen LogP contribution in [0.25, 0.3) is 0 Å². The molecule has 0 spiro atoms. The van der Waals surface area contributed by atoms with E-state index in [9.17, 15) is 14.4 Å². The van der Waals surface area contributed by atoms with E-state index in [2.05, 4.69) is 5.32 Å². The van der Waals surface area contributed by atoms with Crippen molar-refractivity contribution >= 4 is 40.9 Å². The number of amides is 2.